The SMILES string of the molecule is CC/C=C\C/C=C\C/C=C\C/C=C\C/C=C\CCCCCCCC(=O)OC(COC(=O)CCCCCCC/C=C\CCCCC)COC(=O)CCCCCCCCCCCCCCCC/C=C\C/C=C\C/C=C\CCCCCCC. The van der Waals surface area contributed by atoms with Crippen molar-refractivity contribution in [1.82, 2.24) is 0 Å². The van der Waals surface area contributed by atoms with Crippen molar-refractivity contribution in [3.63, 3.8) is 0 Å². The van der Waals surface area contributed by atoms with E-state index in [2.05, 4.69) is 130 Å². The second kappa shape index (κ2) is 67.6. The maximum Gasteiger partial charge on any atom is 0.306 e. The van der Waals surface area contributed by atoms with Gasteiger partial charge in [-0.25, -0.2) is 0 Å². The fourth-order valence-electron chi connectivity index (χ4n) is 9.41. The maximum absolute atomic E-state index is 12.9. The number of hydrogen-bond donors (Lipinski definition) is 0. The summed E-state index contributed by atoms with van der Waals surface area (Å²) in [4.78, 5) is 38.3. The third-order valence-electron chi connectivity index (χ3n) is 14.5. The van der Waals surface area contributed by atoms with E-state index in [1.807, 2.05) is 0 Å². The van der Waals surface area contributed by atoms with E-state index in [1.54, 1.807) is 0 Å². The molecule has 0 aromatic rings. The topological polar surface area (TPSA) is 78.9 Å². The Hall–Kier alpha value is -3.93. The minimum absolute atomic E-state index is 0.0887. The number of rotatable bonds is 61. The molecule has 1 atom stereocenters. The molecule has 1 unspecified atom stereocenters. The van der Waals surface area contributed by atoms with Crippen LogP contribution in [-0.2, 0) is 28.6 Å². The molecule has 80 heavy (non-hydrogen) atoms. The highest BCUT2D eigenvalue weighted by Gasteiger charge is 2.19. The summed E-state index contributed by atoms with van der Waals surface area (Å²) in [7, 11) is 0. The number of carbonyl (C=O) groups is 3. The number of hydrogen-bond acceptors (Lipinski definition) is 6. The molecule has 0 bridgehead atoms. The van der Waals surface area contributed by atoms with Crippen molar-refractivity contribution >= 4 is 17.9 Å². The van der Waals surface area contributed by atoms with Crippen LogP contribution >= 0.6 is 0 Å². The molecule has 0 aromatic carbocycles. The van der Waals surface area contributed by atoms with Crippen LogP contribution in [-0.4, -0.2) is 37.2 Å². The van der Waals surface area contributed by atoms with Crippen LogP contribution in [0.5, 0.6) is 0 Å². The van der Waals surface area contributed by atoms with Crippen LogP contribution in [0.4, 0.5) is 0 Å². The van der Waals surface area contributed by atoms with Crippen LogP contribution in [0.25, 0.3) is 0 Å². The molecule has 0 saturated heterocycles. The van der Waals surface area contributed by atoms with Gasteiger partial charge in [0.2, 0.25) is 0 Å². The van der Waals surface area contributed by atoms with E-state index in [0.29, 0.717) is 19.3 Å². The average Bonchev–Trinajstić information content (AvgIpc) is 3.46. The van der Waals surface area contributed by atoms with Gasteiger partial charge < -0.3 is 14.2 Å². The van der Waals surface area contributed by atoms with E-state index < -0.39 is 6.10 Å². The third kappa shape index (κ3) is 64.9. The molecule has 0 aromatic heterocycles. The van der Waals surface area contributed by atoms with E-state index in [-0.39, 0.29) is 31.1 Å². The minimum atomic E-state index is -0.795. The predicted molar refractivity (Wildman–Crippen MR) is 348 cm³/mol. The summed E-state index contributed by atoms with van der Waals surface area (Å²) in [5.74, 6) is -0.909. The van der Waals surface area contributed by atoms with Gasteiger partial charge in [0.15, 0.2) is 6.10 Å². The van der Waals surface area contributed by atoms with Crippen molar-refractivity contribution in [2.75, 3.05) is 13.2 Å². The predicted octanol–water partition coefficient (Wildman–Crippen LogP) is 23.4. The zero-order valence-electron chi connectivity index (χ0n) is 52.6. The van der Waals surface area contributed by atoms with Crippen LogP contribution in [0.3, 0.4) is 0 Å². The number of ether oxygens (including phenoxy) is 3. The van der Waals surface area contributed by atoms with Crippen molar-refractivity contribution < 1.29 is 28.6 Å². The van der Waals surface area contributed by atoms with Gasteiger partial charge in [-0.15, -0.1) is 0 Å². The molecular weight excluding hydrogens is 985 g/mol. The van der Waals surface area contributed by atoms with Gasteiger partial charge in [-0.3, -0.25) is 14.4 Å². The Morgan fingerprint density at radius 3 is 0.800 bits per heavy atom. The van der Waals surface area contributed by atoms with E-state index >= 15 is 0 Å². The molecule has 458 valence electrons. The highest BCUT2D eigenvalue weighted by Crippen LogP contribution is 2.16. The van der Waals surface area contributed by atoms with Crippen molar-refractivity contribution in [3.8, 4) is 0 Å². The molecule has 0 heterocycles. The van der Waals surface area contributed by atoms with E-state index in [9.17, 15) is 14.4 Å². The first kappa shape index (κ1) is 76.1. The Balaban J connectivity index is 4.28. The van der Waals surface area contributed by atoms with Gasteiger partial charge in [-0.1, -0.05) is 284 Å². The number of esters is 3. The van der Waals surface area contributed by atoms with E-state index in [1.165, 1.54) is 154 Å². The molecule has 0 amide bonds. The molecule has 0 spiro atoms. The molecule has 6 nitrogen and oxygen atoms in total. The molecule has 0 rings (SSSR count). The Bertz CT molecular complexity index is 1610. The summed E-state index contributed by atoms with van der Waals surface area (Å²) in [6, 6.07) is 0. The summed E-state index contributed by atoms with van der Waals surface area (Å²) < 4.78 is 16.9. The minimum Gasteiger partial charge on any atom is -0.462 e. The molecule has 6 heteroatoms. The van der Waals surface area contributed by atoms with Crippen LogP contribution in [0.2, 0.25) is 0 Å². The Morgan fingerprint density at radius 1 is 0.263 bits per heavy atom. The third-order valence-corrected chi connectivity index (χ3v) is 14.5. The summed E-state index contributed by atoms with van der Waals surface area (Å²) in [6.45, 7) is 6.49. The van der Waals surface area contributed by atoms with Crippen molar-refractivity contribution in [1.29, 1.82) is 0 Å². The average molecular weight is 1110 g/mol. The molecule has 0 aliphatic carbocycles. The number of carbonyl (C=O) groups excluding carboxylic acids is 3. The second-order valence-electron chi connectivity index (χ2n) is 22.3. The van der Waals surface area contributed by atoms with Gasteiger partial charge in [0.1, 0.15) is 13.2 Å². The van der Waals surface area contributed by atoms with Crippen molar-refractivity contribution in [2.45, 2.75) is 329 Å². The van der Waals surface area contributed by atoms with Gasteiger partial charge in [-0.2, -0.15) is 0 Å². The number of allylic oxidation sites excluding steroid dienone is 18. The van der Waals surface area contributed by atoms with Crippen LogP contribution in [0.15, 0.2) is 109 Å². The van der Waals surface area contributed by atoms with Crippen LogP contribution in [0.1, 0.15) is 323 Å². The normalized spacial score (nSPS) is 12.8. The first-order chi connectivity index (χ1) is 39.5. The van der Waals surface area contributed by atoms with Crippen molar-refractivity contribution in [3.05, 3.63) is 109 Å². The molecular formula is C74H126O6. The molecule has 0 N–H and O–H groups in total. The fourth-order valence-corrected chi connectivity index (χ4v) is 9.41. The highest BCUT2D eigenvalue weighted by atomic mass is 16.6. The largest absolute Gasteiger partial charge is 0.462 e. The second-order valence-corrected chi connectivity index (χ2v) is 22.3. The van der Waals surface area contributed by atoms with Crippen LogP contribution in [0, 0.1) is 0 Å². The Labute approximate surface area is 495 Å². The van der Waals surface area contributed by atoms with Crippen LogP contribution < -0.4 is 0 Å². The molecule has 0 radical (unpaired) electrons. The molecule has 0 aliphatic rings. The molecule has 0 aliphatic heterocycles. The lowest BCUT2D eigenvalue weighted by atomic mass is 10.0. The summed E-state index contributed by atoms with van der Waals surface area (Å²) in [5, 5.41) is 0. The Morgan fingerprint density at radius 2 is 0.487 bits per heavy atom. The first-order valence-electron chi connectivity index (χ1n) is 33.9. The first-order valence-corrected chi connectivity index (χ1v) is 33.9. The summed E-state index contributed by atoms with van der Waals surface area (Å²) in [5.41, 5.74) is 0. The van der Waals surface area contributed by atoms with E-state index in [0.717, 1.165) is 128 Å². The van der Waals surface area contributed by atoms with Gasteiger partial charge in [-0.05, 0) is 128 Å². The van der Waals surface area contributed by atoms with E-state index in [4.69, 9.17) is 14.2 Å². The van der Waals surface area contributed by atoms with Gasteiger partial charge in [0.25, 0.3) is 0 Å². The summed E-state index contributed by atoms with van der Waals surface area (Å²) >= 11 is 0. The lowest BCUT2D eigenvalue weighted by Crippen LogP contribution is -2.30. The van der Waals surface area contributed by atoms with Gasteiger partial charge in [0, 0.05) is 19.3 Å². The highest BCUT2D eigenvalue weighted by molar-refractivity contribution is 5.71. The van der Waals surface area contributed by atoms with Gasteiger partial charge >= 0.3 is 17.9 Å². The zero-order valence-corrected chi connectivity index (χ0v) is 52.6. The lowest BCUT2D eigenvalue weighted by Gasteiger charge is -2.18. The van der Waals surface area contributed by atoms with Gasteiger partial charge in [0.05, 0.1) is 0 Å². The quantitative estimate of drug-likeness (QED) is 0.0261. The summed E-state index contributed by atoms with van der Waals surface area (Å²) in [6.07, 6.45) is 92.5. The lowest BCUT2D eigenvalue weighted by molar-refractivity contribution is -0.167. The monoisotopic (exact) mass is 1110 g/mol. The maximum atomic E-state index is 12.9. The molecule has 0 saturated carbocycles. The number of unbranched alkanes of at least 4 members (excludes halogenated alkanes) is 32. The molecule has 0 fully saturated rings. The standard InChI is InChI=1S/C74H126O6/c1-4-7-10-13-16-19-22-25-27-29-31-33-34-35-36-37-38-39-40-42-43-45-47-49-52-55-58-61-64-67-73(76)79-70-71(69-78-72(75)66-63-60-57-54-51-24-21-18-15-12-9-6-3)80-74(77)68-65-62-59-56-53-50-48-46-44-41-32-30-28-26-23-20-17-14-11-8-5-2/h8,11,17-18,20-22,25-26,28-29,31-32,34-35,41,46,48,71H,4-7,9-10,12-16,19,23-24,27,30,33,36-40,42-45,47,49-70H2,1-3H3/b11-8-,20-17-,21-18-,25-22-,28-26-,31-29-,35-34-,41-32-,48-46-. The Kier molecular flexibility index (Phi) is 64.3. The van der Waals surface area contributed by atoms with Crippen molar-refractivity contribution in [2.24, 2.45) is 0 Å². The zero-order chi connectivity index (χ0) is 57.8. The fraction of sp³-hybridized carbons (Fsp3) is 0.716. The smallest absolute Gasteiger partial charge is 0.306 e.